The fraction of sp³-hybridized carbons (Fsp3) is 0.538. The Kier molecular flexibility index (Phi) is 6.74. The zero-order valence-electron chi connectivity index (χ0n) is 11.9. The van der Waals surface area contributed by atoms with Gasteiger partial charge in [0, 0.05) is 17.1 Å². The second-order valence-electron chi connectivity index (χ2n) is 5.41. The number of alkyl halides is 3. The van der Waals surface area contributed by atoms with E-state index >= 15 is 0 Å². The van der Waals surface area contributed by atoms with E-state index < -0.39 is 26.7 Å². The van der Waals surface area contributed by atoms with Gasteiger partial charge in [-0.05, 0) is 43.9 Å². The van der Waals surface area contributed by atoms with Crippen molar-refractivity contribution in [3.63, 3.8) is 0 Å². The number of halogens is 5. The molecule has 2 rings (SSSR count). The van der Waals surface area contributed by atoms with Crippen LogP contribution in [0.3, 0.4) is 0 Å². The molecule has 132 valence electrons. The van der Waals surface area contributed by atoms with E-state index in [0.717, 1.165) is 6.07 Å². The molecule has 0 amide bonds. The average molecular weight is 393 g/mol. The summed E-state index contributed by atoms with van der Waals surface area (Å²) in [5, 5.41) is -0.277. The number of hydrogen-bond acceptors (Lipinski definition) is 3. The van der Waals surface area contributed by atoms with E-state index in [9.17, 15) is 21.6 Å². The third-order valence-corrected chi connectivity index (χ3v) is 5.32. The topological polar surface area (TPSA) is 72.2 Å². The van der Waals surface area contributed by atoms with Crippen molar-refractivity contribution in [3.8, 4) is 0 Å². The second kappa shape index (κ2) is 7.57. The second-order valence-corrected chi connectivity index (χ2v) is 7.56. The molecule has 1 saturated carbocycles. The molecule has 0 radical (unpaired) electrons. The number of sulfonamides is 1. The quantitative estimate of drug-likeness (QED) is 0.828. The predicted molar refractivity (Wildman–Crippen MR) is 84.3 cm³/mol. The van der Waals surface area contributed by atoms with Crippen LogP contribution in [0.2, 0.25) is 5.02 Å². The van der Waals surface area contributed by atoms with E-state index in [1.807, 2.05) is 0 Å². The number of nitrogens with one attached hydrogen (secondary N) is 1. The molecule has 1 aromatic carbocycles. The lowest BCUT2D eigenvalue weighted by molar-refractivity contribution is -0.137. The molecule has 1 fully saturated rings. The number of hydrogen-bond donors (Lipinski definition) is 2. The Balaban J connectivity index is 0.00000264. The zero-order valence-corrected chi connectivity index (χ0v) is 14.3. The Morgan fingerprint density at radius 3 is 2.22 bits per heavy atom. The lowest BCUT2D eigenvalue weighted by atomic mass is 9.93. The molecule has 0 heterocycles. The van der Waals surface area contributed by atoms with Crippen LogP contribution >= 0.6 is 24.0 Å². The summed E-state index contributed by atoms with van der Waals surface area (Å²) in [7, 11) is -4.06. The molecule has 0 spiro atoms. The lowest BCUT2D eigenvalue weighted by Crippen LogP contribution is -2.40. The van der Waals surface area contributed by atoms with E-state index in [4.69, 9.17) is 17.3 Å². The van der Waals surface area contributed by atoms with Crippen molar-refractivity contribution in [2.75, 3.05) is 0 Å². The van der Waals surface area contributed by atoms with E-state index in [2.05, 4.69) is 4.72 Å². The first kappa shape index (κ1) is 20.5. The Bertz CT molecular complexity index is 645. The van der Waals surface area contributed by atoms with Crippen molar-refractivity contribution >= 4 is 34.0 Å². The molecule has 1 aliphatic rings. The summed E-state index contributed by atoms with van der Waals surface area (Å²) < 4.78 is 65.2. The standard InChI is InChI=1S/C13H16ClF3N2O2S.ClH/c14-9-5-8(13(15,16)17)6-12(7-9)22(20,21)19-11-3-1-10(18)2-4-11;/h5-7,10-11,19H,1-4,18H2;1H. The first-order valence-corrected chi connectivity index (χ1v) is 8.60. The molecule has 0 unspecified atom stereocenters. The third kappa shape index (κ3) is 5.49. The first-order chi connectivity index (χ1) is 10.1. The smallest absolute Gasteiger partial charge is 0.328 e. The molecule has 4 nitrogen and oxygen atoms in total. The molecule has 0 bridgehead atoms. The number of benzene rings is 1. The molecule has 0 aliphatic heterocycles. The Hall–Kier alpha value is -0.540. The fourth-order valence-corrected chi connectivity index (χ4v) is 4.08. The van der Waals surface area contributed by atoms with Crippen molar-refractivity contribution < 1.29 is 21.6 Å². The highest BCUT2D eigenvalue weighted by molar-refractivity contribution is 7.89. The molecule has 3 N–H and O–H groups in total. The van der Waals surface area contributed by atoms with Gasteiger partial charge in [0.25, 0.3) is 0 Å². The van der Waals surface area contributed by atoms with Gasteiger partial charge < -0.3 is 5.73 Å². The SMILES string of the molecule is Cl.NC1CCC(NS(=O)(=O)c2cc(Cl)cc(C(F)(F)F)c2)CC1. The highest BCUT2D eigenvalue weighted by atomic mass is 35.5. The molecular formula is C13H17Cl2F3N2O2S. The van der Waals surface area contributed by atoms with Crippen molar-refractivity contribution in [1.29, 1.82) is 0 Å². The summed E-state index contributed by atoms with van der Waals surface area (Å²) in [6.45, 7) is 0. The van der Waals surface area contributed by atoms with Crippen LogP contribution in [0.1, 0.15) is 31.2 Å². The minimum atomic E-state index is -4.66. The van der Waals surface area contributed by atoms with E-state index in [0.29, 0.717) is 37.8 Å². The van der Waals surface area contributed by atoms with Crippen LogP contribution in [-0.2, 0) is 16.2 Å². The van der Waals surface area contributed by atoms with Crippen LogP contribution in [0.5, 0.6) is 0 Å². The van der Waals surface area contributed by atoms with Gasteiger partial charge in [-0.15, -0.1) is 12.4 Å². The van der Waals surface area contributed by atoms with Gasteiger partial charge in [0.05, 0.1) is 10.5 Å². The Morgan fingerprint density at radius 2 is 1.70 bits per heavy atom. The monoisotopic (exact) mass is 392 g/mol. The van der Waals surface area contributed by atoms with Gasteiger partial charge >= 0.3 is 6.18 Å². The van der Waals surface area contributed by atoms with Gasteiger partial charge in [0.1, 0.15) is 0 Å². The molecule has 0 saturated heterocycles. The first-order valence-electron chi connectivity index (χ1n) is 6.73. The van der Waals surface area contributed by atoms with Crippen molar-refractivity contribution in [2.24, 2.45) is 5.73 Å². The maximum atomic E-state index is 12.7. The minimum Gasteiger partial charge on any atom is -0.328 e. The maximum absolute atomic E-state index is 12.7. The van der Waals surface area contributed by atoms with Gasteiger partial charge in [0.15, 0.2) is 0 Å². The number of nitrogens with two attached hydrogens (primary N) is 1. The summed E-state index contributed by atoms with van der Waals surface area (Å²) in [4.78, 5) is -0.484. The van der Waals surface area contributed by atoms with Gasteiger partial charge in [-0.2, -0.15) is 13.2 Å². The van der Waals surface area contributed by atoms with E-state index in [1.54, 1.807) is 0 Å². The van der Waals surface area contributed by atoms with Gasteiger partial charge in [-0.25, -0.2) is 13.1 Å². The largest absolute Gasteiger partial charge is 0.416 e. The van der Waals surface area contributed by atoms with Crippen LogP contribution in [0.15, 0.2) is 23.1 Å². The van der Waals surface area contributed by atoms with E-state index in [1.165, 1.54) is 0 Å². The maximum Gasteiger partial charge on any atom is 0.416 e. The van der Waals surface area contributed by atoms with Crippen LogP contribution < -0.4 is 10.5 Å². The predicted octanol–water partition coefficient (Wildman–Crippen LogP) is 3.33. The summed E-state index contributed by atoms with van der Waals surface area (Å²) in [5.74, 6) is 0. The summed E-state index contributed by atoms with van der Waals surface area (Å²) in [5.41, 5.74) is 4.65. The lowest BCUT2D eigenvalue weighted by Gasteiger charge is -2.26. The number of rotatable bonds is 3. The molecular weight excluding hydrogens is 376 g/mol. The molecule has 10 heteroatoms. The molecule has 1 aliphatic carbocycles. The highest BCUT2D eigenvalue weighted by Crippen LogP contribution is 2.33. The van der Waals surface area contributed by atoms with Crippen molar-refractivity contribution in [1.82, 2.24) is 4.72 Å². The zero-order chi connectivity index (χ0) is 16.5. The Morgan fingerprint density at radius 1 is 1.13 bits per heavy atom. The third-order valence-electron chi connectivity index (χ3n) is 3.60. The minimum absolute atomic E-state index is 0. The summed E-state index contributed by atoms with van der Waals surface area (Å²) in [6, 6.07) is 2.01. The Labute approximate surface area is 144 Å². The molecule has 0 atom stereocenters. The average Bonchev–Trinajstić information content (AvgIpc) is 2.39. The molecule has 1 aromatic rings. The van der Waals surface area contributed by atoms with Crippen LogP contribution in [0, 0.1) is 0 Å². The summed E-state index contributed by atoms with van der Waals surface area (Å²) in [6.07, 6.45) is -2.18. The molecule has 0 aromatic heterocycles. The van der Waals surface area contributed by atoms with Gasteiger partial charge in [0.2, 0.25) is 10.0 Å². The molecule has 23 heavy (non-hydrogen) atoms. The van der Waals surface area contributed by atoms with Crippen molar-refractivity contribution in [3.05, 3.63) is 28.8 Å². The van der Waals surface area contributed by atoms with Crippen LogP contribution in [0.25, 0.3) is 0 Å². The van der Waals surface area contributed by atoms with Gasteiger partial charge in [-0.3, -0.25) is 0 Å². The summed E-state index contributed by atoms with van der Waals surface area (Å²) >= 11 is 5.62. The van der Waals surface area contributed by atoms with Gasteiger partial charge in [-0.1, -0.05) is 11.6 Å². The fourth-order valence-electron chi connectivity index (χ4n) is 2.41. The van der Waals surface area contributed by atoms with Crippen LogP contribution in [-0.4, -0.2) is 20.5 Å². The normalized spacial score (nSPS) is 22.5. The van der Waals surface area contributed by atoms with E-state index in [-0.39, 0.29) is 29.5 Å². The van der Waals surface area contributed by atoms with Crippen LogP contribution in [0.4, 0.5) is 13.2 Å². The van der Waals surface area contributed by atoms with Crippen molar-refractivity contribution in [2.45, 2.75) is 48.8 Å². The highest BCUT2D eigenvalue weighted by Gasteiger charge is 2.33.